The number of carbonyl (C=O) groups is 1. The standard InChI is InChI=1S/C12H14N2O2S/c15-10(16)7-14-9-5-6-17-12(9)11(13-14)8-3-1-2-4-8/h5-6,8H,1-4,7H2,(H,15,16). The van der Waals surface area contributed by atoms with Crippen LogP contribution in [-0.2, 0) is 11.3 Å². The first kappa shape index (κ1) is 10.8. The van der Waals surface area contributed by atoms with E-state index in [9.17, 15) is 4.79 Å². The highest BCUT2D eigenvalue weighted by molar-refractivity contribution is 7.17. The predicted molar refractivity (Wildman–Crippen MR) is 66.5 cm³/mol. The molecule has 1 N–H and O–H groups in total. The second-order valence-corrected chi connectivity index (χ2v) is 5.47. The largest absolute Gasteiger partial charge is 0.480 e. The summed E-state index contributed by atoms with van der Waals surface area (Å²) in [5.41, 5.74) is 2.09. The van der Waals surface area contributed by atoms with Crippen molar-refractivity contribution in [3.05, 3.63) is 17.1 Å². The smallest absolute Gasteiger partial charge is 0.325 e. The average molecular weight is 250 g/mol. The summed E-state index contributed by atoms with van der Waals surface area (Å²) >= 11 is 1.67. The van der Waals surface area contributed by atoms with Crippen molar-refractivity contribution < 1.29 is 9.90 Å². The van der Waals surface area contributed by atoms with Gasteiger partial charge in [0.05, 0.1) is 15.9 Å². The zero-order valence-electron chi connectivity index (χ0n) is 9.43. The first-order valence-electron chi connectivity index (χ1n) is 5.91. The number of carboxylic acids is 1. The molecule has 0 aliphatic heterocycles. The SMILES string of the molecule is O=C(O)Cn1nc(C2CCCC2)c2sccc21. The molecule has 0 aromatic carbocycles. The van der Waals surface area contributed by atoms with E-state index in [1.165, 1.54) is 30.4 Å². The molecule has 2 aromatic heterocycles. The quantitative estimate of drug-likeness (QED) is 0.911. The zero-order valence-corrected chi connectivity index (χ0v) is 10.2. The van der Waals surface area contributed by atoms with Gasteiger partial charge in [0.1, 0.15) is 6.54 Å². The molecule has 5 heteroatoms. The van der Waals surface area contributed by atoms with Gasteiger partial charge in [-0.05, 0) is 24.3 Å². The fraction of sp³-hybridized carbons (Fsp3) is 0.500. The first-order valence-corrected chi connectivity index (χ1v) is 6.79. The van der Waals surface area contributed by atoms with Crippen LogP contribution in [0.25, 0.3) is 10.2 Å². The van der Waals surface area contributed by atoms with Gasteiger partial charge in [-0.15, -0.1) is 11.3 Å². The molecule has 0 bridgehead atoms. The molecule has 2 heterocycles. The van der Waals surface area contributed by atoms with Gasteiger partial charge in [-0.3, -0.25) is 9.48 Å². The number of aromatic nitrogens is 2. The maximum absolute atomic E-state index is 10.8. The van der Waals surface area contributed by atoms with E-state index in [4.69, 9.17) is 5.11 Å². The lowest BCUT2D eigenvalue weighted by atomic mass is 10.0. The number of thiophene rings is 1. The molecule has 17 heavy (non-hydrogen) atoms. The maximum Gasteiger partial charge on any atom is 0.325 e. The normalized spacial score (nSPS) is 16.9. The summed E-state index contributed by atoms with van der Waals surface area (Å²) in [7, 11) is 0. The Labute approximate surface area is 103 Å². The molecule has 1 fully saturated rings. The summed E-state index contributed by atoms with van der Waals surface area (Å²) in [4.78, 5) is 10.8. The lowest BCUT2D eigenvalue weighted by molar-refractivity contribution is -0.137. The molecular weight excluding hydrogens is 236 g/mol. The number of hydrogen-bond donors (Lipinski definition) is 1. The van der Waals surface area contributed by atoms with Gasteiger partial charge in [-0.1, -0.05) is 12.8 Å². The minimum atomic E-state index is -0.835. The van der Waals surface area contributed by atoms with Crippen LogP contribution in [-0.4, -0.2) is 20.9 Å². The van der Waals surface area contributed by atoms with Crippen molar-refractivity contribution in [3.63, 3.8) is 0 Å². The molecule has 0 radical (unpaired) electrons. The zero-order chi connectivity index (χ0) is 11.8. The van der Waals surface area contributed by atoms with Gasteiger partial charge >= 0.3 is 5.97 Å². The lowest BCUT2D eigenvalue weighted by Crippen LogP contribution is -2.10. The molecule has 4 nitrogen and oxygen atoms in total. The highest BCUT2D eigenvalue weighted by Crippen LogP contribution is 2.38. The molecule has 90 valence electrons. The molecule has 0 amide bonds. The molecule has 0 unspecified atom stereocenters. The van der Waals surface area contributed by atoms with E-state index < -0.39 is 5.97 Å². The van der Waals surface area contributed by atoms with Crippen molar-refractivity contribution in [1.29, 1.82) is 0 Å². The fourth-order valence-corrected chi connectivity index (χ4v) is 3.60. The van der Waals surface area contributed by atoms with Crippen LogP contribution >= 0.6 is 11.3 Å². The molecular formula is C12H14N2O2S. The van der Waals surface area contributed by atoms with Gasteiger partial charge in [0, 0.05) is 5.92 Å². The third kappa shape index (κ3) is 1.84. The van der Waals surface area contributed by atoms with Crippen LogP contribution in [0.4, 0.5) is 0 Å². The average Bonchev–Trinajstić information content (AvgIpc) is 2.94. The Hall–Kier alpha value is -1.36. The van der Waals surface area contributed by atoms with Crippen LogP contribution in [0.5, 0.6) is 0 Å². The van der Waals surface area contributed by atoms with E-state index >= 15 is 0 Å². The highest BCUT2D eigenvalue weighted by atomic mass is 32.1. The number of carboxylic acid groups (broad SMARTS) is 1. The molecule has 0 atom stereocenters. The third-order valence-corrected chi connectivity index (χ3v) is 4.34. The molecule has 3 rings (SSSR count). The molecule has 1 saturated carbocycles. The van der Waals surface area contributed by atoms with E-state index in [2.05, 4.69) is 5.10 Å². The highest BCUT2D eigenvalue weighted by Gasteiger charge is 2.24. The summed E-state index contributed by atoms with van der Waals surface area (Å²) in [5, 5.41) is 15.4. The van der Waals surface area contributed by atoms with Gasteiger partial charge in [-0.2, -0.15) is 5.10 Å². The van der Waals surface area contributed by atoms with Gasteiger partial charge in [0.25, 0.3) is 0 Å². The summed E-state index contributed by atoms with van der Waals surface area (Å²) in [6, 6.07) is 1.97. The molecule has 0 saturated heterocycles. The number of rotatable bonds is 3. The summed E-state index contributed by atoms with van der Waals surface area (Å²) in [6.45, 7) is -0.0417. The molecule has 1 aliphatic carbocycles. The second-order valence-electron chi connectivity index (χ2n) is 4.55. The van der Waals surface area contributed by atoms with E-state index in [0.717, 1.165) is 11.2 Å². The Bertz CT molecular complexity index is 552. The van der Waals surface area contributed by atoms with Crippen molar-refractivity contribution in [2.75, 3.05) is 0 Å². The topological polar surface area (TPSA) is 55.1 Å². The first-order chi connectivity index (χ1) is 8.25. The number of fused-ring (bicyclic) bond motifs is 1. The second kappa shape index (κ2) is 4.14. The van der Waals surface area contributed by atoms with Crippen molar-refractivity contribution in [2.45, 2.75) is 38.1 Å². The van der Waals surface area contributed by atoms with Gasteiger partial charge in [0.15, 0.2) is 0 Å². The van der Waals surface area contributed by atoms with Crippen molar-refractivity contribution in [1.82, 2.24) is 9.78 Å². The third-order valence-electron chi connectivity index (χ3n) is 3.41. The van der Waals surface area contributed by atoms with Crippen LogP contribution < -0.4 is 0 Å². The van der Waals surface area contributed by atoms with Crippen molar-refractivity contribution >= 4 is 27.5 Å². The van der Waals surface area contributed by atoms with Crippen LogP contribution in [0.2, 0.25) is 0 Å². The van der Waals surface area contributed by atoms with Crippen LogP contribution in [0.1, 0.15) is 37.3 Å². The van der Waals surface area contributed by atoms with Crippen LogP contribution in [0, 0.1) is 0 Å². The van der Waals surface area contributed by atoms with Gasteiger partial charge in [-0.25, -0.2) is 0 Å². The minimum Gasteiger partial charge on any atom is -0.480 e. The van der Waals surface area contributed by atoms with Crippen molar-refractivity contribution in [3.8, 4) is 0 Å². The lowest BCUT2D eigenvalue weighted by Gasteiger charge is -2.04. The fourth-order valence-electron chi connectivity index (χ4n) is 2.64. The Morgan fingerprint density at radius 1 is 1.53 bits per heavy atom. The Balaban J connectivity index is 2.05. The number of aliphatic carboxylic acids is 1. The Morgan fingerprint density at radius 3 is 3.00 bits per heavy atom. The summed E-state index contributed by atoms with van der Waals surface area (Å²) < 4.78 is 2.81. The summed E-state index contributed by atoms with van der Waals surface area (Å²) in [6.07, 6.45) is 4.92. The predicted octanol–water partition coefficient (Wildman–Crippen LogP) is 2.84. The van der Waals surface area contributed by atoms with E-state index in [1.54, 1.807) is 16.0 Å². The van der Waals surface area contributed by atoms with Crippen LogP contribution in [0.15, 0.2) is 11.4 Å². The van der Waals surface area contributed by atoms with E-state index in [-0.39, 0.29) is 6.54 Å². The van der Waals surface area contributed by atoms with E-state index in [0.29, 0.717) is 5.92 Å². The summed E-state index contributed by atoms with van der Waals surface area (Å²) in [5.74, 6) is -0.301. The van der Waals surface area contributed by atoms with E-state index in [1.807, 2.05) is 11.4 Å². The maximum atomic E-state index is 10.8. The number of hydrogen-bond acceptors (Lipinski definition) is 3. The monoisotopic (exact) mass is 250 g/mol. The van der Waals surface area contributed by atoms with Gasteiger partial charge in [0.2, 0.25) is 0 Å². The number of nitrogens with zero attached hydrogens (tertiary/aromatic N) is 2. The molecule has 2 aromatic rings. The Kier molecular flexibility index (Phi) is 2.63. The van der Waals surface area contributed by atoms with Crippen LogP contribution in [0.3, 0.4) is 0 Å². The minimum absolute atomic E-state index is 0.0417. The Morgan fingerprint density at radius 2 is 2.29 bits per heavy atom. The molecule has 0 spiro atoms. The molecule has 1 aliphatic rings. The van der Waals surface area contributed by atoms with Gasteiger partial charge < -0.3 is 5.11 Å². The van der Waals surface area contributed by atoms with Crippen molar-refractivity contribution in [2.24, 2.45) is 0 Å².